The molecule has 0 saturated carbocycles. The Morgan fingerprint density at radius 3 is 2.41 bits per heavy atom. The molecule has 0 atom stereocenters. The average molecular weight is 370 g/mol. The van der Waals surface area contributed by atoms with E-state index in [0.717, 1.165) is 16.3 Å². The molecule has 0 unspecified atom stereocenters. The molecule has 0 aliphatic carbocycles. The van der Waals surface area contributed by atoms with Crippen LogP contribution in [0, 0.1) is 5.41 Å². The largest absolute Gasteiger partial charge is 0.444 e. The number of halogens is 1. The predicted octanol–water partition coefficient (Wildman–Crippen LogP) is 4.22. The molecule has 1 heterocycles. The molecule has 0 bridgehead atoms. The van der Waals surface area contributed by atoms with Crippen LogP contribution in [0.2, 0.25) is 0 Å². The van der Waals surface area contributed by atoms with Gasteiger partial charge in [-0.25, -0.2) is 4.79 Å². The van der Waals surface area contributed by atoms with Gasteiger partial charge in [0.25, 0.3) is 0 Å². The van der Waals surface area contributed by atoms with Gasteiger partial charge in [0.15, 0.2) is 0 Å². The highest BCUT2D eigenvalue weighted by molar-refractivity contribution is 9.11. The highest BCUT2D eigenvalue weighted by atomic mass is 79.9. The van der Waals surface area contributed by atoms with Crippen LogP contribution in [0.15, 0.2) is 34.9 Å². The smallest absolute Gasteiger partial charge is 0.410 e. The van der Waals surface area contributed by atoms with Gasteiger partial charge in [0.1, 0.15) is 11.9 Å². The lowest BCUT2D eigenvalue weighted by Gasteiger charge is -2.50. The highest BCUT2D eigenvalue weighted by Crippen LogP contribution is 2.42. The number of aldehydes is 1. The third-order valence-corrected chi connectivity index (χ3v) is 4.20. The SMILES string of the molecule is C=C/C(=C\C(Br)=C/C)C1(CC=O)CN(C(=O)OC(C)(C)C)C1. The molecule has 0 spiro atoms. The molecule has 0 radical (unpaired) electrons. The van der Waals surface area contributed by atoms with Crippen LogP contribution < -0.4 is 0 Å². The van der Waals surface area contributed by atoms with Crippen molar-refractivity contribution in [1.82, 2.24) is 4.90 Å². The number of ether oxygens (including phenoxy) is 1. The molecule has 0 N–H and O–H groups in total. The van der Waals surface area contributed by atoms with Gasteiger partial charge in [-0.05, 0) is 39.3 Å². The van der Waals surface area contributed by atoms with Gasteiger partial charge in [-0.3, -0.25) is 0 Å². The Kier molecular flexibility index (Phi) is 6.17. The lowest BCUT2D eigenvalue weighted by molar-refractivity contribution is -0.112. The van der Waals surface area contributed by atoms with Crippen molar-refractivity contribution in [1.29, 1.82) is 0 Å². The van der Waals surface area contributed by atoms with Crippen LogP contribution in [-0.4, -0.2) is 36.0 Å². The van der Waals surface area contributed by atoms with E-state index in [9.17, 15) is 9.59 Å². The van der Waals surface area contributed by atoms with Crippen molar-refractivity contribution in [2.45, 2.75) is 39.7 Å². The van der Waals surface area contributed by atoms with E-state index in [4.69, 9.17) is 4.74 Å². The van der Waals surface area contributed by atoms with Gasteiger partial charge in [-0.2, -0.15) is 0 Å². The Morgan fingerprint density at radius 2 is 2.00 bits per heavy atom. The average Bonchev–Trinajstić information content (AvgIpc) is 2.37. The Bertz CT molecular complexity index is 508. The zero-order valence-electron chi connectivity index (χ0n) is 13.7. The van der Waals surface area contributed by atoms with Gasteiger partial charge in [-0.1, -0.05) is 34.7 Å². The van der Waals surface area contributed by atoms with Gasteiger partial charge < -0.3 is 14.4 Å². The minimum Gasteiger partial charge on any atom is -0.444 e. The van der Waals surface area contributed by atoms with Crippen molar-refractivity contribution in [3.05, 3.63) is 34.9 Å². The first-order valence-electron chi connectivity index (χ1n) is 7.25. The minimum atomic E-state index is -0.523. The number of carbonyl (C=O) groups is 2. The lowest BCUT2D eigenvalue weighted by atomic mass is 9.71. The molecule has 0 aromatic carbocycles. The van der Waals surface area contributed by atoms with Gasteiger partial charge in [0, 0.05) is 29.4 Å². The molecule has 4 nitrogen and oxygen atoms in total. The van der Waals surface area contributed by atoms with Gasteiger partial charge in [-0.15, -0.1) is 0 Å². The van der Waals surface area contributed by atoms with Gasteiger partial charge in [0.05, 0.1) is 0 Å². The Morgan fingerprint density at radius 1 is 1.41 bits per heavy atom. The summed E-state index contributed by atoms with van der Waals surface area (Å²) in [4.78, 5) is 24.8. The molecule has 5 heteroatoms. The Hall–Kier alpha value is -1.36. The number of hydrogen-bond donors (Lipinski definition) is 0. The molecule has 1 aliphatic heterocycles. The minimum absolute atomic E-state index is 0.345. The highest BCUT2D eigenvalue weighted by Gasteiger charge is 2.47. The lowest BCUT2D eigenvalue weighted by Crippen LogP contribution is -2.60. The summed E-state index contributed by atoms with van der Waals surface area (Å²) < 4.78 is 6.28. The molecule has 0 aromatic rings. The maximum absolute atomic E-state index is 12.1. The molecule has 0 aromatic heterocycles. The summed E-state index contributed by atoms with van der Waals surface area (Å²) in [5.74, 6) is 0. The number of hydrogen-bond acceptors (Lipinski definition) is 3. The van der Waals surface area contributed by atoms with Crippen LogP contribution in [0.25, 0.3) is 0 Å². The predicted molar refractivity (Wildman–Crippen MR) is 91.9 cm³/mol. The monoisotopic (exact) mass is 369 g/mol. The molecule has 1 saturated heterocycles. The normalized spacial score (nSPS) is 18.5. The van der Waals surface area contributed by atoms with E-state index in [1.165, 1.54) is 0 Å². The quantitative estimate of drug-likeness (QED) is 0.538. The standard InChI is InChI=1S/C17H24BrNO3/c1-6-13(10-14(18)7-2)17(8-9-20)11-19(12-17)15(21)22-16(3,4)5/h6-7,9-10H,1,8,11-12H2,2-5H3/b13-10+,14-7+. The molecule has 122 valence electrons. The maximum atomic E-state index is 12.1. The zero-order chi connectivity index (χ0) is 17.0. The first kappa shape index (κ1) is 18.7. The summed E-state index contributed by atoms with van der Waals surface area (Å²) in [6.45, 7) is 12.2. The van der Waals surface area contributed by atoms with E-state index in [1.54, 1.807) is 11.0 Å². The number of nitrogens with zero attached hydrogens (tertiary/aromatic N) is 1. The number of allylic oxidation sites excluding steroid dienone is 4. The number of carbonyl (C=O) groups excluding carboxylic acids is 2. The van der Waals surface area contributed by atoms with Crippen LogP contribution >= 0.6 is 15.9 Å². The molecule has 1 aliphatic rings. The van der Waals surface area contributed by atoms with Crippen LogP contribution in [0.5, 0.6) is 0 Å². The summed E-state index contributed by atoms with van der Waals surface area (Å²) >= 11 is 3.44. The first-order chi connectivity index (χ1) is 10.2. The maximum Gasteiger partial charge on any atom is 0.410 e. The number of rotatable bonds is 5. The Labute approximate surface area is 141 Å². The third kappa shape index (κ3) is 4.57. The zero-order valence-corrected chi connectivity index (χ0v) is 15.3. The Balaban J connectivity index is 2.90. The molecule has 1 rings (SSSR count). The van der Waals surface area contributed by atoms with Crippen molar-refractivity contribution in [2.24, 2.45) is 5.41 Å². The van der Waals surface area contributed by atoms with Crippen molar-refractivity contribution in [3.8, 4) is 0 Å². The molecule has 1 fully saturated rings. The second-order valence-electron chi connectivity index (χ2n) is 6.46. The molecular formula is C17H24BrNO3. The summed E-state index contributed by atoms with van der Waals surface area (Å²) in [6.07, 6.45) is 6.52. The fraction of sp³-hybridized carbons (Fsp3) is 0.529. The number of likely N-dealkylation sites (tertiary alicyclic amines) is 1. The first-order valence-corrected chi connectivity index (χ1v) is 8.05. The second-order valence-corrected chi connectivity index (χ2v) is 7.38. The van der Waals surface area contributed by atoms with Gasteiger partial charge >= 0.3 is 6.09 Å². The molecule has 1 amide bonds. The summed E-state index contributed by atoms with van der Waals surface area (Å²) in [5.41, 5.74) is 0.0532. The second kappa shape index (κ2) is 7.27. The molecule has 22 heavy (non-hydrogen) atoms. The van der Waals surface area contributed by atoms with Crippen LogP contribution in [-0.2, 0) is 9.53 Å². The van der Waals surface area contributed by atoms with Crippen molar-refractivity contribution >= 4 is 28.3 Å². The van der Waals surface area contributed by atoms with Crippen molar-refractivity contribution < 1.29 is 14.3 Å². The molecular weight excluding hydrogens is 346 g/mol. The third-order valence-electron chi connectivity index (χ3n) is 3.51. The van der Waals surface area contributed by atoms with E-state index in [2.05, 4.69) is 22.5 Å². The topological polar surface area (TPSA) is 46.6 Å². The fourth-order valence-corrected chi connectivity index (χ4v) is 2.64. The van der Waals surface area contributed by atoms with Crippen LogP contribution in [0.3, 0.4) is 0 Å². The van der Waals surface area contributed by atoms with Crippen LogP contribution in [0.4, 0.5) is 4.79 Å². The van der Waals surface area contributed by atoms with Crippen LogP contribution in [0.1, 0.15) is 34.1 Å². The van der Waals surface area contributed by atoms with E-state index in [1.807, 2.05) is 39.8 Å². The van der Waals surface area contributed by atoms with E-state index >= 15 is 0 Å². The number of amides is 1. The van der Waals surface area contributed by atoms with Crippen molar-refractivity contribution in [2.75, 3.05) is 13.1 Å². The summed E-state index contributed by atoms with van der Waals surface area (Å²) in [6, 6.07) is 0. The van der Waals surface area contributed by atoms with E-state index < -0.39 is 5.60 Å². The van der Waals surface area contributed by atoms with Crippen molar-refractivity contribution in [3.63, 3.8) is 0 Å². The summed E-state index contributed by atoms with van der Waals surface area (Å²) in [5, 5.41) is 0. The van der Waals surface area contributed by atoms with E-state index in [-0.39, 0.29) is 11.5 Å². The van der Waals surface area contributed by atoms with Gasteiger partial charge in [0.2, 0.25) is 0 Å². The summed E-state index contributed by atoms with van der Waals surface area (Å²) in [7, 11) is 0. The fourth-order valence-electron chi connectivity index (χ4n) is 2.39. The van der Waals surface area contributed by atoms with E-state index in [0.29, 0.717) is 19.5 Å².